The van der Waals surface area contributed by atoms with E-state index < -0.39 is 0 Å². The van der Waals surface area contributed by atoms with Gasteiger partial charge in [-0.2, -0.15) is 0 Å². The molecule has 0 aromatic carbocycles. The van der Waals surface area contributed by atoms with Crippen molar-refractivity contribution < 1.29 is 0 Å². The van der Waals surface area contributed by atoms with Gasteiger partial charge in [0.2, 0.25) is 0 Å². The minimum absolute atomic E-state index is 0.0293. The SMILES string of the molecule is CC(N)C(Sc1nnc2ccccn12)c1cc(Br)cs1. The number of pyridine rings is 1. The van der Waals surface area contributed by atoms with Crippen LogP contribution in [0.2, 0.25) is 0 Å². The van der Waals surface area contributed by atoms with Gasteiger partial charge in [-0.1, -0.05) is 17.8 Å². The van der Waals surface area contributed by atoms with E-state index in [9.17, 15) is 0 Å². The van der Waals surface area contributed by atoms with Gasteiger partial charge in [0.05, 0.1) is 5.25 Å². The molecule has 0 saturated carbocycles. The molecule has 2 unspecified atom stereocenters. The zero-order valence-corrected chi connectivity index (χ0v) is 14.0. The van der Waals surface area contributed by atoms with E-state index >= 15 is 0 Å². The van der Waals surface area contributed by atoms with Gasteiger partial charge in [0.15, 0.2) is 10.8 Å². The Hall–Kier alpha value is -0.890. The molecule has 3 aromatic rings. The Balaban J connectivity index is 1.94. The molecule has 3 aromatic heterocycles. The van der Waals surface area contributed by atoms with Crippen LogP contribution >= 0.6 is 39.0 Å². The third kappa shape index (κ3) is 2.76. The van der Waals surface area contributed by atoms with E-state index in [1.54, 1.807) is 23.1 Å². The molecular formula is C13H13BrN4S2. The summed E-state index contributed by atoms with van der Waals surface area (Å²) < 4.78 is 3.08. The second-order valence-corrected chi connectivity index (χ2v) is 7.44. The Morgan fingerprint density at radius 1 is 1.40 bits per heavy atom. The predicted molar refractivity (Wildman–Crippen MR) is 87.3 cm³/mol. The highest BCUT2D eigenvalue weighted by atomic mass is 79.9. The molecule has 7 heteroatoms. The quantitative estimate of drug-likeness (QED) is 0.712. The van der Waals surface area contributed by atoms with Crippen molar-refractivity contribution in [1.82, 2.24) is 14.6 Å². The van der Waals surface area contributed by atoms with Crippen molar-refractivity contribution >= 4 is 44.7 Å². The molecule has 20 heavy (non-hydrogen) atoms. The summed E-state index contributed by atoms with van der Waals surface area (Å²) in [7, 11) is 0. The molecule has 2 N–H and O–H groups in total. The largest absolute Gasteiger partial charge is 0.327 e. The van der Waals surface area contributed by atoms with Crippen molar-refractivity contribution in [2.24, 2.45) is 5.73 Å². The summed E-state index contributed by atoms with van der Waals surface area (Å²) in [5.74, 6) is 0. The van der Waals surface area contributed by atoms with Crippen LogP contribution in [0.15, 0.2) is 45.5 Å². The molecule has 4 nitrogen and oxygen atoms in total. The molecule has 3 rings (SSSR count). The molecule has 0 aliphatic rings. The topological polar surface area (TPSA) is 56.2 Å². The Morgan fingerprint density at radius 2 is 2.25 bits per heavy atom. The summed E-state index contributed by atoms with van der Waals surface area (Å²) in [6, 6.07) is 8.02. The second kappa shape index (κ2) is 5.85. The molecular weight excluding hydrogens is 356 g/mol. The van der Waals surface area contributed by atoms with E-state index in [4.69, 9.17) is 5.73 Å². The summed E-state index contributed by atoms with van der Waals surface area (Å²) in [5.41, 5.74) is 7.00. The van der Waals surface area contributed by atoms with E-state index in [1.807, 2.05) is 35.7 Å². The minimum Gasteiger partial charge on any atom is -0.327 e. The number of fused-ring (bicyclic) bond motifs is 1. The zero-order chi connectivity index (χ0) is 14.1. The van der Waals surface area contributed by atoms with Crippen LogP contribution in [0.5, 0.6) is 0 Å². The Morgan fingerprint density at radius 3 is 2.95 bits per heavy atom. The third-order valence-corrected chi connectivity index (χ3v) is 6.21. The average Bonchev–Trinajstić information content (AvgIpc) is 3.02. The maximum atomic E-state index is 6.15. The van der Waals surface area contributed by atoms with E-state index in [0.717, 1.165) is 15.3 Å². The van der Waals surface area contributed by atoms with Crippen molar-refractivity contribution in [3.63, 3.8) is 0 Å². The molecule has 0 radical (unpaired) electrons. The standard InChI is InChI=1S/C13H13BrN4S2/c1-8(15)12(10-6-9(14)7-19-10)20-13-17-16-11-4-2-3-5-18(11)13/h2-8,12H,15H2,1H3. The van der Waals surface area contributed by atoms with Crippen LogP contribution in [-0.2, 0) is 0 Å². The highest BCUT2D eigenvalue weighted by Gasteiger charge is 2.22. The normalized spacial score (nSPS) is 14.6. The van der Waals surface area contributed by atoms with Crippen LogP contribution in [-0.4, -0.2) is 20.6 Å². The Kier molecular flexibility index (Phi) is 4.11. The van der Waals surface area contributed by atoms with Crippen LogP contribution in [0.4, 0.5) is 0 Å². The fourth-order valence-electron chi connectivity index (χ4n) is 1.92. The first-order valence-corrected chi connectivity index (χ1v) is 8.66. The van der Waals surface area contributed by atoms with Gasteiger partial charge in [0.25, 0.3) is 0 Å². The molecule has 0 bridgehead atoms. The minimum atomic E-state index is 0.0293. The van der Waals surface area contributed by atoms with Gasteiger partial charge in [0, 0.05) is 27.0 Å². The van der Waals surface area contributed by atoms with Gasteiger partial charge in [-0.15, -0.1) is 21.5 Å². The summed E-state index contributed by atoms with van der Waals surface area (Å²) >= 11 is 6.86. The summed E-state index contributed by atoms with van der Waals surface area (Å²) in [6.07, 6.45) is 1.97. The number of rotatable bonds is 4. The number of aromatic nitrogens is 3. The molecule has 0 aliphatic heterocycles. The molecule has 0 spiro atoms. The smallest absolute Gasteiger partial charge is 0.196 e. The summed E-state index contributed by atoms with van der Waals surface area (Å²) in [6.45, 7) is 2.02. The molecule has 3 heterocycles. The zero-order valence-electron chi connectivity index (χ0n) is 10.7. The lowest BCUT2D eigenvalue weighted by molar-refractivity contribution is 0.725. The van der Waals surface area contributed by atoms with Crippen LogP contribution in [0.25, 0.3) is 5.65 Å². The Labute approximate surface area is 133 Å². The lowest BCUT2D eigenvalue weighted by Gasteiger charge is -2.17. The lowest BCUT2D eigenvalue weighted by Crippen LogP contribution is -2.22. The number of hydrogen-bond donors (Lipinski definition) is 1. The first kappa shape index (κ1) is 14.1. The van der Waals surface area contributed by atoms with Crippen molar-refractivity contribution in [2.75, 3.05) is 0 Å². The highest BCUT2D eigenvalue weighted by molar-refractivity contribution is 9.10. The predicted octanol–water partition coefficient (Wildman–Crippen LogP) is 3.73. The number of thioether (sulfide) groups is 1. The van der Waals surface area contributed by atoms with Gasteiger partial charge in [-0.25, -0.2) is 0 Å². The third-order valence-electron chi connectivity index (χ3n) is 2.86. The maximum Gasteiger partial charge on any atom is 0.196 e. The average molecular weight is 369 g/mol. The number of hydrogen-bond acceptors (Lipinski definition) is 5. The van der Waals surface area contributed by atoms with Crippen molar-refractivity contribution in [3.8, 4) is 0 Å². The van der Waals surface area contributed by atoms with Crippen molar-refractivity contribution in [1.29, 1.82) is 0 Å². The number of nitrogens with two attached hydrogens (primary N) is 1. The van der Waals surface area contributed by atoms with Gasteiger partial charge in [0.1, 0.15) is 0 Å². The van der Waals surface area contributed by atoms with Gasteiger partial charge in [-0.05, 0) is 41.1 Å². The monoisotopic (exact) mass is 368 g/mol. The fraction of sp³-hybridized carbons (Fsp3) is 0.231. The van der Waals surface area contributed by atoms with Gasteiger partial charge >= 0.3 is 0 Å². The van der Waals surface area contributed by atoms with Crippen LogP contribution in [0.3, 0.4) is 0 Å². The highest BCUT2D eigenvalue weighted by Crippen LogP contribution is 2.40. The molecule has 0 saturated heterocycles. The summed E-state index contributed by atoms with van der Waals surface area (Å²) in [5, 5.41) is 11.5. The molecule has 0 aliphatic carbocycles. The molecule has 104 valence electrons. The van der Waals surface area contributed by atoms with E-state index in [1.165, 1.54) is 4.88 Å². The molecule has 0 fully saturated rings. The Bertz CT molecular complexity index is 722. The van der Waals surface area contributed by atoms with Crippen molar-refractivity contribution in [2.45, 2.75) is 23.4 Å². The van der Waals surface area contributed by atoms with Crippen LogP contribution < -0.4 is 5.73 Å². The first-order valence-electron chi connectivity index (χ1n) is 6.11. The van der Waals surface area contributed by atoms with Gasteiger partial charge in [-0.3, -0.25) is 4.40 Å². The first-order chi connectivity index (χ1) is 9.65. The van der Waals surface area contributed by atoms with E-state index in [2.05, 4.69) is 37.6 Å². The van der Waals surface area contributed by atoms with Gasteiger partial charge < -0.3 is 5.73 Å². The van der Waals surface area contributed by atoms with Crippen LogP contribution in [0, 0.1) is 0 Å². The maximum absolute atomic E-state index is 6.15. The van der Waals surface area contributed by atoms with Crippen LogP contribution in [0.1, 0.15) is 17.1 Å². The lowest BCUT2D eigenvalue weighted by atomic mass is 10.2. The number of thiophene rings is 1. The molecule has 2 atom stereocenters. The van der Waals surface area contributed by atoms with E-state index in [-0.39, 0.29) is 11.3 Å². The molecule has 0 amide bonds. The van der Waals surface area contributed by atoms with Crippen molar-refractivity contribution in [3.05, 3.63) is 45.2 Å². The second-order valence-electron chi connectivity index (χ2n) is 4.48. The van der Waals surface area contributed by atoms with E-state index in [0.29, 0.717) is 0 Å². The fourth-order valence-corrected chi connectivity index (χ4v) is 4.75. The number of nitrogens with zero attached hydrogens (tertiary/aromatic N) is 3. The summed E-state index contributed by atoms with van der Waals surface area (Å²) in [4.78, 5) is 1.24. The number of halogens is 1.